The molecule has 0 unspecified atom stereocenters. The summed E-state index contributed by atoms with van der Waals surface area (Å²) < 4.78 is 2.17. The monoisotopic (exact) mass is 410 g/mol. The lowest BCUT2D eigenvalue weighted by Crippen LogP contribution is -1.85. The summed E-state index contributed by atoms with van der Waals surface area (Å²) >= 11 is 8.64. The molecule has 0 aliphatic heterocycles. The summed E-state index contributed by atoms with van der Waals surface area (Å²) in [5.41, 5.74) is 3.51. The van der Waals surface area contributed by atoms with Gasteiger partial charge in [0, 0.05) is 5.56 Å². The van der Waals surface area contributed by atoms with E-state index in [4.69, 9.17) is 0 Å². The van der Waals surface area contributed by atoms with Crippen LogP contribution in [0.3, 0.4) is 0 Å². The van der Waals surface area contributed by atoms with E-state index in [0.717, 1.165) is 18.7 Å². The van der Waals surface area contributed by atoms with E-state index in [-0.39, 0.29) is 0 Å². The molecule has 0 saturated carbocycles. The first-order chi connectivity index (χ1) is 9.69. The second kappa shape index (κ2) is 8.02. The first kappa shape index (κ1) is 15.8. The summed E-state index contributed by atoms with van der Waals surface area (Å²) in [5, 5.41) is 0. The van der Waals surface area contributed by atoms with Crippen LogP contribution >= 0.6 is 43.2 Å². The second-order valence-electron chi connectivity index (χ2n) is 4.64. The van der Waals surface area contributed by atoms with Gasteiger partial charge in [-0.1, -0.05) is 43.7 Å². The maximum absolute atomic E-state index is 3.52. The summed E-state index contributed by atoms with van der Waals surface area (Å²) in [6.45, 7) is 2.24. The van der Waals surface area contributed by atoms with Crippen molar-refractivity contribution < 1.29 is 0 Å². The molecule has 0 bridgehead atoms. The third-order valence-electron chi connectivity index (χ3n) is 3.02. The molecule has 2 aromatic rings. The number of benzene rings is 1. The molecule has 3 heteroatoms. The summed E-state index contributed by atoms with van der Waals surface area (Å²) in [7, 11) is 0. The summed E-state index contributed by atoms with van der Waals surface area (Å²) in [5.74, 6) is 6.42. The van der Waals surface area contributed by atoms with E-state index in [2.05, 4.69) is 74.9 Å². The Bertz CT molecular complexity index is 615. The third-order valence-corrected chi connectivity index (χ3v) is 5.36. The highest BCUT2D eigenvalue weighted by Gasteiger charge is 2.01. The molecule has 0 aliphatic rings. The average Bonchev–Trinajstić information content (AvgIpc) is 2.76. The summed E-state index contributed by atoms with van der Waals surface area (Å²) in [4.78, 5) is 0. The molecule has 0 atom stereocenters. The number of hydrogen-bond donors (Lipinski definition) is 0. The minimum atomic E-state index is 1.04. The molecule has 0 spiro atoms. The fourth-order valence-corrected chi connectivity index (χ4v) is 4.57. The molecular formula is C17H16Br2S. The van der Waals surface area contributed by atoms with E-state index >= 15 is 0 Å². The van der Waals surface area contributed by atoms with Gasteiger partial charge in [0.1, 0.15) is 0 Å². The number of thiophene rings is 1. The molecule has 20 heavy (non-hydrogen) atoms. The lowest BCUT2D eigenvalue weighted by molar-refractivity contribution is 0.717. The van der Waals surface area contributed by atoms with Gasteiger partial charge in [0.15, 0.2) is 0 Å². The second-order valence-corrected chi connectivity index (χ2v) is 8.39. The quantitative estimate of drug-likeness (QED) is 0.403. The Hall–Kier alpha value is -0.560. The van der Waals surface area contributed by atoms with Crippen LogP contribution in [-0.2, 0) is 6.42 Å². The smallest absolute Gasteiger partial charge is 0.0866 e. The first-order valence-corrected chi connectivity index (χ1v) is 9.15. The predicted octanol–water partition coefficient (Wildman–Crippen LogP) is 6.41. The molecule has 1 aromatic carbocycles. The summed E-state index contributed by atoms with van der Waals surface area (Å²) in [6.07, 6.45) is 5.03. The number of hydrogen-bond acceptors (Lipinski definition) is 1. The van der Waals surface area contributed by atoms with Gasteiger partial charge in [-0.3, -0.25) is 0 Å². The van der Waals surface area contributed by atoms with Crippen LogP contribution in [0.15, 0.2) is 37.9 Å². The van der Waals surface area contributed by atoms with E-state index in [9.17, 15) is 0 Å². The maximum Gasteiger partial charge on any atom is 0.0866 e. The van der Waals surface area contributed by atoms with Crippen molar-refractivity contribution in [3.8, 4) is 11.8 Å². The number of halogens is 2. The van der Waals surface area contributed by atoms with Crippen molar-refractivity contribution in [3.05, 3.63) is 54.6 Å². The molecule has 0 saturated heterocycles. The highest BCUT2D eigenvalue weighted by atomic mass is 79.9. The zero-order valence-corrected chi connectivity index (χ0v) is 15.4. The largest absolute Gasteiger partial charge is 0.120 e. The van der Waals surface area contributed by atoms with Crippen molar-refractivity contribution in [2.75, 3.05) is 0 Å². The first-order valence-electron chi connectivity index (χ1n) is 6.75. The normalized spacial score (nSPS) is 10.2. The van der Waals surface area contributed by atoms with Crippen LogP contribution < -0.4 is 0 Å². The Balaban J connectivity index is 2.02. The average molecular weight is 412 g/mol. The van der Waals surface area contributed by atoms with Gasteiger partial charge in [-0.2, -0.15) is 0 Å². The number of unbranched alkanes of at least 4 members (excludes halogenated alkanes) is 2. The molecular weight excluding hydrogens is 396 g/mol. The lowest BCUT2D eigenvalue weighted by atomic mass is 10.1. The van der Waals surface area contributed by atoms with E-state index in [1.807, 2.05) is 6.07 Å². The molecule has 1 aromatic heterocycles. The highest BCUT2D eigenvalue weighted by molar-refractivity contribution is 9.12. The molecule has 0 nitrogen and oxygen atoms in total. The molecule has 0 radical (unpaired) electrons. The molecule has 104 valence electrons. The van der Waals surface area contributed by atoms with Gasteiger partial charge in [0.25, 0.3) is 0 Å². The van der Waals surface area contributed by atoms with E-state index in [1.54, 1.807) is 11.3 Å². The Morgan fingerprint density at radius 2 is 1.80 bits per heavy atom. The van der Waals surface area contributed by atoms with Crippen molar-refractivity contribution >= 4 is 43.2 Å². The molecule has 0 aliphatic carbocycles. The van der Waals surface area contributed by atoms with Gasteiger partial charge in [0.2, 0.25) is 0 Å². The molecule has 1 heterocycles. The van der Waals surface area contributed by atoms with E-state index in [1.165, 1.54) is 31.2 Å². The van der Waals surface area contributed by atoms with Crippen LogP contribution in [-0.4, -0.2) is 0 Å². The van der Waals surface area contributed by atoms with Crippen LogP contribution in [0.4, 0.5) is 0 Å². The van der Waals surface area contributed by atoms with Gasteiger partial charge >= 0.3 is 0 Å². The fraction of sp³-hybridized carbons (Fsp3) is 0.294. The van der Waals surface area contributed by atoms with Crippen LogP contribution in [0.1, 0.15) is 42.9 Å². The van der Waals surface area contributed by atoms with Crippen LogP contribution in [0.25, 0.3) is 0 Å². The predicted molar refractivity (Wildman–Crippen MR) is 95.4 cm³/mol. The highest BCUT2D eigenvalue weighted by Crippen LogP contribution is 2.31. The van der Waals surface area contributed by atoms with Crippen molar-refractivity contribution in [2.24, 2.45) is 0 Å². The summed E-state index contributed by atoms with van der Waals surface area (Å²) in [6, 6.07) is 10.7. The Kier molecular flexibility index (Phi) is 6.35. The van der Waals surface area contributed by atoms with Gasteiger partial charge in [0.05, 0.1) is 13.1 Å². The fourth-order valence-electron chi connectivity index (χ4n) is 1.90. The van der Waals surface area contributed by atoms with Gasteiger partial charge in [-0.05, 0) is 68.5 Å². The van der Waals surface area contributed by atoms with Crippen LogP contribution in [0, 0.1) is 11.8 Å². The van der Waals surface area contributed by atoms with Crippen molar-refractivity contribution in [1.29, 1.82) is 0 Å². The SMILES string of the molecule is CCCCCc1ccc(C#Cc2cc(Br)sc2Br)cc1. The molecule has 2 rings (SSSR count). The zero-order valence-electron chi connectivity index (χ0n) is 11.4. The maximum atomic E-state index is 3.52. The van der Waals surface area contributed by atoms with Crippen molar-refractivity contribution in [2.45, 2.75) is 32.6 Å². The number of aryl methyl sites for hydroxylation is 1. The molecule has 0 fully saturated rings. The minimum Gasteiger partial charge on any atom is -0.120 e. The van der Waals surface area contributed by atoms with Crippen LogP contribution in [0.5, 0.6) is 0 Å². The van der Waals surface area contributed by atoms with Gasteiger partial charge < -0.3 is 0 Å². The minimum absolute atomic E-state index is 1.04. The third kappa shape index (κ3) is 4.77. The van der Waals surface area contributed by atoms with Crippen molar-refractivity contribution in [3.63, 3.8) is 0 Å². The van der Waals surface area contributed by atoms with E-state index < -0.39 is 0 Å². The van der Waals surface area contributed by atoms with Crippen molar-refractivity contribution in [1.82, 2.24) is 0 Å². The molecule has 0 amide bonds. The Morgan fingerprint density at radius 3 is 2.40 bits per heavy atom. The Labute approximate surface area is 141 Å². The number of rotatable bonds is 4. The molecule has 0 N–H and O–H groups in total. The zero-order chi connectivity index (χ0) is 14.4. The van der Waals surface area contributed by atoms with E-state index in [0.29, 0.717) is 0 Å². The standard InChI is InChI=1S/C17H16Br2S/c1-2-3-4-5-13-6-8-14(9-7-13)10-11-15-12-16(18)20-17(15)19/h6-9,12H,2-5H2,1H3. The lowest BCUT2D eigenvalue weighted by Gasteiger charge is -2.00. The Morgan fingerprint density at radius 1 is 1.05 bits per heavy atom. The van der Waals surface area contributed by atoms with Gasteiger partial charge in [-0.25, -0.2) is 0 Å². The van der Waals surface area contributed by atoms with Crippen LogP contribution in [0.2, 0.25) is 0 Å². The topological polar surface area (TPSA) is 0 Å². The van der Waals surface area contributed by atoms with Gasteiger partial charge in [-0.15, -0.1) is 11.3 Å².